The van der Waals surface area contributed by atoms with E-state index in [-0.39, 0.29) is 5.92 Å². The predicted molar refractivity (Wildman–Crippen MR) is 69.9 cm³/mol. The molecule has 1 N–H and O–H groups in total. The smallest absolute Gasteiger partial charge is 0.163 e. The average molecular weight is 246 g/mol. The zero-order valence-electron chi connectivity index (χ0n) is 11.2. The number of anilines is 1. The predicted octanol–water partition coefficient (Wildman–Crippen LogP) is 1.92. The molecule has 0 saturated carbocycles. The molecule has 0 fully saturated rings. The van der Waals surface area contributed by atoms with Crippen LogP contribution in [0.15, 0.2) is 12.7 Å². The SMILES string of the molecule is CCNc1nc(C(C)C)nc(-n2cncn2)c1C. The van der Waals surface area contributed by atoms with Gasteiger partial charge in [-0.05, 0) is 13.8 Å². The minimum absolute atomic E-state index is 0.269. The van der Waals surface area contributed by atoms with Crippen LogP contribution in [0.1, 0.15) is 38.1 Å². The van der Waals surface area contributed by atoms with E-state index in [4.69, 9.17) is 0 Å². The van der Waals surface area contributed by atoms with Gasteiger partial charge in [0.25, 0.3) is 0 Å². The molecule has 96 valence electrons. The van der Waals surface area contributed by atoms with E-state index < -0.39 is 0 Å². The maximum atomic E-state index is 4.57. The Morgan fingerprint density at radius 1 is 1.33 bits per heavy atom. The maximum absolute atomic E-state index is 4.57. The van der Waals surface area contributed by atoms with E-state index in [1.807, 2.05) is 13.8 Å². The quantitative estimate of drug-likeness (QED) is 0.892. The molecule has 6 nitrogen and oxygen atoms in total. The third-order valence-electron chi connectivity index (χ3n) is 2.63. The van der Waals surface area contributed by atoms with E-state index in [0.29, 0.717) is 0 Å². The highest BCUT2D eigenvalue weighted by atomic mass is 15.3. The third-order valence-corrected chi connectivity index (χ3v) is 2.63. The Hall–Kier alpha value is -1.98. The molecular formula is C12H18N6. The molecule has 0 aliphatic carbocycles. The van der Waals surface area contributed by atoms with E-state index in [0.717, 1.165) is 29.6 Å². The molecule has 0 aliphatic rings. The Bertz CT molecular complexity index is 518. The van der Waals surface area contributed by atoms with E-state index in [1.54, 1.807) is 11.0 Å². The van der Waals surface area contributed by atoms with Crippen LogP contribution in [0.2, 0.25) is 0 Å². The monoisotopic (exact) mass is 246 g/mol. The summed E-state index contributed by atoms with van der Waals surface area (Å²) in [6, 6.07) is 0. The van der Waals surface area contributed by atoms with Crippen molar-refractivity contribution in [2.45, 2.75) is 33.6 Å². The molecule has 18 heavy (non-hydrogen) atoms. The van der Waals surface area contributed by atoms with Crippen LogP contribution in [0.25, 0.3) is 5.82 Å². The first-order valence-electron chi connectivity index (χ1n) is 6.10. The zero-order valence-corrected chi connectivity index (χ0v) is 11.2. The lowest BCUT2D eigenvalue weighted by atomic mass is 10.2. The summed E-state index contributed by atoms with van der Waals surface area (Å²) in [6.45, 7) is 9.01. The van der Waals surface area contributed by atoms with Crippen molar-refractivity contribution in [2.24, 2.45) is 0 Å². The van der Waals surface area contributed by atoms with Crippen molar-refractivity contribution in [3.05, 3.63) is 24.0 Å². The zero-order chi connectivity index (χ0) is 13.1. The second-order valence-corrected chi connectivity index (χ2v) is 4.40. The van der Waals surface area contributed by atoms with Gasteiger partial charge in [-0.1, -0.05) is 13.8 Å². The van der Waals surface area contributed by atoms with Gasteiger partial charge in [0, 0.05) is 18.0 Å². The second-order valence-electron chi connectivity index (χ2n) is 4.40. The normalized spacial score (nSPS) is 10.9. The van der Waals surface area contributed by atoms with Gasteiger partial charge in [-0.3, -0.25) is 0 Å². The van der Waals surface area contributed by atoms with Gasteiger partial charge in [0.2, 0.25) is 0 Å². The van der Waals surface area contributed by atoms with E-state index in [9.17, 15) is 0 Å². The van der Waals surface area contributed by atoms with Gasteiger partial charge in [-0.15, -0.1) is 0 Å². The maximum Gasteiger partial charge on any atom is 0.163 e. The molecule has 0 bridgehead atoms. The lowest BCUT2D eigenvalue weighted by Gasteiger charge is -2.14. The Balaban J connectivity index is 2.57. The van der Waals surface area contributed by atoms with E-state index in [2.05, 4.69) is 39.2 Å². The lowest BCUT2D eigenvalue weighted by Crippen LogP contribution is -2.12. The molecule has 2 heterocycles. The molecule has 0 spiro atoms. The molecular weight excluding hydrogens is 228 g/mol. The standard InChI is InChI=1S/C12H18N6/c1-5-14-11-9(4)12(18-7-13-6-15-18)17-10(16-11)8(2)3/h6-8H,5H2,1-4H3,(H,14,16,17). The van der Waals surface area contributed by atoms with Gasteiger partial charge < -0.3 is 5.32 Å². The third kappa shape index (κ3) is 2.32. The summed E-state index contributed by atoms with van der Waals surface area (Å²) in [4.78, 5) is 13.1. The summed E-state index contributed by atoms with van der Waals surface area (Å²) in [5.74, 6) is 2.72. The Morgan fingerprint density at radius 3 is 2.67 bits per heavy atom. The highest BCUT2D eigenvalue weighted by Gasteiger charge is 2.14. The van der Waals surface area contributed by atoms with Crippen LogP contribution in [0.3, 0.4) is 0 Å². The van der Waals surface area contributed by atoms with Gasteiger partial charge >= 0.3 is 0 Å². The number of nitrogens with one attached hydrogen (secondary N) is 1. The first kappa shape index (κ1) is 12.5. The summed E-state index contributed by atoms with van der Waals surface area (Å²) in [5, 5.41) is 7.40. The summed E-state index contributed by atoms with van der Waals surface area (Å²) in [6.07, 6.45) is 3.15. The highest BCUT2D eigenvalue weighted by molar-refractivity contribution is 5.51. The van der Waals surface area contributed by atoms with Crippen LogP contribution >= 0.6 is 0 Å². The fourth-order valence-corrected chi connectivity index (χ4v) is 1.66. The average Bonchev–Trinajstić information content (AvgIpc) is 2.85. The molecule has 0 aliphatic heterocycles. The van der Waals surface area contributed by atoms with Crippen LogP contribution in [0, 0.1) is 6.92 Å². The van der Waals surface area contributed by atoms with Crippen molar-refractivity contribution in [3.63, 3.8) is 0 Å². The fourth-order valence-electron chi connectivity index (χ4n) is 1.66. The van der Waals surface area contributed by atoms with E-state index in [1.165, 1.54) is 6.33 Å². The summed E-state index contributed by atoms with van der Waals surface area (Å²) >= 11 is 0. The number of hydrogen-bond acceptors (Lipinski definition) is 5. The lowest BCUT2D eigenvalue weighted by molar-refractivity contribution is 0.740. The summed E-state index contributed by atoms with van der Waals surface area (Å²) in [5.41, 5.74) is 0.978. The van der Waals surface area contributed by atoms with Crippen molar-refractivity contribution >= 4 is 5.82 Å². The highest BCUT2D eigenvalue weighted by Crippen LogP contribution is 2.21. The van der Waals surface area contributed by atoms with Crippen molar-refractivity contribution in [3.8, 4) is 5.82 Å². The molecule has 2 aromatic rings. The molecule has 0 unspecified atom stereocenters. The molecule has 6 heteroatoms. The number of hydrogen-bond donors (Lipinski definition) is 1. The van der Waals surface area contributed by atoms with Gasteiger partial charge in [0.1, 0.15) is 24.3 Å². The minimum atomic E-state index is 0.269. The Morgan fingerprint density at radius 2 is 2.11 bits per heavy atom. The summed E-state index contributed by atoms with van der Waals surface area (Å²) in [7, 11) is 0. The number of aromatic nitrogens is 5. The van der Waals surface area contributed by atoms with Gasteiger partial charge in [0.15, 0.2) is 5.82 Å². The van der Waals surface area contributed by atoms with Crippen LogP contribution in [0.5, 0.6) is 0 Å². The molecule has 2 rings (SSSR count). The second kappa shape index (κ2) is 5.12. The molecule has 0 atom stereocenters. The number of nitrogens with zero attached hydrogens (tertiary/aromatic N) is 5. The molecule has 2 aromatic heterocycles. The molecule has 0 radical (unpaired) electrons. The number of rotatable bonds is 4. The van der Waals surface area contributed by atoms with Crippen LogP contribution < -0.4 is 5.32 Å². The summed E-state index contributed by atoms with van der Waals surface area (Å²) < 4.78 is 1.67. The largest absolute Gasteiger partial charge is 0.370 e. The van der Waals surface area contributed by atoms with Crippen LogP contribution in [-0.2, 0) is 0 Å². The van der Waals surface area contributed by atoms with Gasteiger partial charge in [-0.2, -0.15) is 5.10 Å². The van der Waals surface area contributed by atoms with Gasteiger partial charge in [0.05, 0.1) is 0 Å². The molecule has 0 aromatic carbocycles. The first-order valence-corrected chi connectivity index (χ1v) is 6.10. The van der Waals surface area contributed by atoms with Crippen LogP contribution in [0.4, 0.5) is 5.82 Å². The molecule has 0 amide bonds. The van der Waals surface area contributed by atoms with Crippen molar-refractivity contribution in [2.75, 3.05) is 11.9 Å². The van der Waals surface area contributed by atoms with Crippen molar-refractivity contribution in [1.82, 2.24) is 24.7 Å². The van der Waals surface area contributed by atoms with Crippen LogP contribution in [-0.4, -0.2) is 31.3 Å². The van der Waals surface area contributed by atoms with E-state index >= 15 is 0 Å². The van der Waals surface area contributed by atoms with Crippen molar-refractivity contribution in [1.29, 1.82) is 0 Å². The van der Waals surface area contributed by atoms with Gasteiger partial charge in [-0.25, -0.2) is 19.6 Å². The Labute approximate surface area is 106 Å². The molecule has 0 saturated heterocycles. The van der Waals surface area contributed by atoms with Crippen molar-refractivity contribution < 1.29 is 0 Å². The fraction of sp³-hybridized carbons (Fsp3) is 0.500. The first-order chi connectivity index (χ1) is 8.63. The minimum Gasteiger partial charge on any atom is -0.370 e. The Kier molecular flexibility index (Phi) is 3.55. The topological polar surface area (TPSA) is 68.5 Å².